The molecule has 0 aliphatic rings. The smallest absolute Gasteiger partial charge is 0.387 e. The first-order valence-corrected chi connectivity index (χ1v) is 7.21. The molecule has 0 saturated carbocycles. The number of halogens is 2. The van der Waals surface area contributed by atoms with Gasteiger partial charge in [0.25, 0.3) is 10.0 Å². The molecule has 0 amide bonds. The average molecular weight is 318 g/mol. The minimum absolute atomic E-state index is 0.0559. The van der Waals surface area contributed by atoms with Gasteiger partial charge < -0.3 is 4.74 Å². The van der Waals surface area contributed by atoms with Gasteiger partial charge in [-0.25, -0.2) is 17.8 Å². The maximum Gasteiger partial charge on any atom is 0.387 e. The van der Waals surface area contributed by atoms with E-state index in [4.69, 9.17) is 0 Å². The van der Waals surface area contributed by atoms with Gasteiger partial charge in [0, 0.05) is 7.05 Å². The number of sulfonamides is 1. The summed E-state index contributed by atoms with van der Waals surface area (Å²) in [5.41, 5.74) is 0. The van der Waals surface area contributed by atoms with Crippen molar-refractivity contribution in [3.05, 3.63) is 30.1 Å². The van der Waals surface area contributed by atoms with Crippen LogP contribution in [0.5, 0.6) is 5.75 Å². The third kappa shape index (κ3) is 3.66. The van der Waals surface area contributed by atoms with Crippen LogP contribution in [-0.4, -0.2) is 29.8 Å². The van der Waals surface area contributed by atoms with Crippen molar-refractivity contribution in [1.82, 2.24) is 14.8 Å². The lowest BCUT2D eigenvalue weighted by Gasteiger charge is -2.08. The summed E-state index contributed by atoms with van der Waals surface area (Å²) in [5.74, 6) is 0.342. The van der Waals surface area contributed by atoms with Gasteiger partial charge in [0.05, 0.1) is 4.90 Å². The van der Waals surface area contributed by atoms with Gasteiger partial charge in [0.15, 0.2) is 0 Å². The number of benzene rings is 1. The van der Waals surface area contributed by atoms with Gasteiger partial charge in [-0.1, -0.05) is 0 Å². The van der Waals surface area contributed by atoms with Crippen LogP contribution in [0.3, 0.4) is 0 Å². The van der Waals surface area contributed by atoms with E-state index in [9.17, 15) is 17.2 Å². The zero-order valence-electron chi connectivity index (χ0n) is 11.1. The summed E-state index contributed by atoms with van der Waals surface area (Å²) in [6.45, 7) is -1.35. The quantitative estimate of drug-likeness (QED) is 0.903. The lowest BCUT2D eigenvalue weighted by molar-refractivity contribution is -0.0498. The van der Waals surface area contributed by atoms with Crippen LogP contribution < -0.4 is 9.46 Å². The highest BCUT2D eigenvalue weighted by Gasteiger charge is 2.18. The first-order valence-electron chi connectivity index (χ1n) is 5.73. The first-order chi connectivity index (χ1) is 9.78. The molecule has 1 aromatic heterocycles. The lowest BCUT2D eigenvalue weighted by atomic mass is 10.3. The van der Waals surface area contributed by atoms with Crippen LogP contribution in [0.15, 0.2) is 29.2 Å². The second-order valence-corrected chi connectivity index (χ2v) is 5.74. The molecule has 0 bridgehead atoms. The van der Waals surface area contributed by atoms with Crippen LogP contribution in [0.4, 0.5) is 14.7 Å². The Morgan fingerprint density at radius 1 is 1.29 bits per heavy atom. The Morgan fingerprint density at radius 2 is 1.90 bits per heavy atom. The van der Waals surface area contributed by atoms with Gasteiger partial charge in [-0.3, -0.25) is 0 Å². The Labute approximate surface area is 119 Å². The van der Waals surface area contributed by atoms with E-state index in [0.29, 0.717) is 5.82 Å². The Bertz CT molecular complexity index is 728. The molecule has 0 radical (unpaired) electrons. The molecular weight excluding hydrogens is 306 g/mol. The van der Waals surface area contributed by atoms with Crippen molar-refractivity contribution in [3.8, 4) is 5.75 Å². The fourth-order valence-electron chi connectivity index (χ4n) is 1.58. The monoisotopic (exact) mass is 318 g/mol. The fourth-order valence-corrected chi connectivity index (χ4v) is 2.61. The normalized spacial score (nSPS) is 11.7. The number of nitrogens with one attached hydrogen (secondary N) is 1. The Balaban J connectivity index is 2.21. The van der Waals surface area contributed by atoms with E-state index >= 15 is 0 Å². The number of ether oxygens (including phenoxy) is 1. The molecule has 0 atom stereocenters. The van der Waals surface area contributed by atoms with Gasteiger partial charge in [-0.15, -0.1) is 0 Å². The van der Waals surface area contributed by atoms with Crippen LogP contribution in [0.2, 0.25) is 0 Å². The second kappa shape index (κ2) is 5.64. The molecule has 7 nitrogen and oxygen atoms in total. The van der Waals surface area contributed by atoms with Gasteiger partial charge in [0.2, 0.25) is 5.95 Å². The molecule has 0 aliphatic heterocycles. The molecule has 0 saturated heterocycles. The standard InChI is InChI=1S/C11H12F2N4O3S/c1-7-14-11(17(2)15-7)16-21(18,19)9-5-3-8(4-6-9)20-10(12)13/h3-6,10H,1-2H3,(H,14,15,16). The van der Waals surface area contributed by atoms with Crippen molar-refractivity contribution in [2.45, 2.75) is 18.4 Å². The minimum Gasteiger partial charge on any atom is -0.435 e. The van der Waals surface area contributed by atoms with E-state index in [2.05, 4.69) is 19.5 Å². The number of hydrogen-bond acceptors (Lipinski definition) is 5. The fraction of sp³-hybridized carbons (Fsp3) is 0.273. The van der Waals surface area contributed by atoms with E-state index in [0.717, 1.165) is 24.3 Å². The van der Waals surface area contributed by atoms with Gasteiger partial charge in [-0.05, 0) is 31.2 Å². The maximum atomic E-state index is 12.1. The summed E-state index contributed by atoms with van der Waals surface area (Å²) in [6.07, 6.45) is 0. The predicted octanol–water partition coefficient (Wildman–Crippen LogP) is 1.53. The lowest BCUT2D eigenvalue weighted by Crippen LogP contribution is -2.16. The van der Waals surface area contributed by atoms with Crippen LogP contribution in [0.25, 0.3) is 0 Å². The third-order valence-electron chi connectivity index (χ3n) is 2.45. The molecule has 2 aromatic rings. The first kappa shape index (κ1) is 15.2. The minimum atomic E-state index is -3.88. The summed E-state index contributed by atoms with van der Waals surface area (Å²) in [6, 6.07) is 4.60. The zero-order chi connectivity index (χ0) is 15.6. The van der Waals surface area contributed by atoms with E-state index in [-0.39, 0.29) is 16.6 Å². The SMILES string of the molecule is Cc1nc(NS(=O)(=O)c2ccc(OC(F)F)cc2)n(C)n1. The summed E-state index contributed by atoms with van der Waals surface area (Å²) < 4.78 is 56.0. The molecule has 1 aromatic carbocycles. The van der Waals surface area contributed by atoms with Crippen LogP contribution in [-0.2, 0) is 17.1 Å². The highest BCUT2D eigenvalue weighted by atomic mass is 32.2. The van der Waals surface area contributed by atoms with E-state index in [1.54, 1.807) is 6.92 Å². The van der Waals surface area contributed by atoms with Gasteiger partial charge in [-0.2, -0.15) is 18.9 Å². The number of alkyl halides is 2. The van der Waals surface area contributed by atoms with Crippen LogP contribution in [0, 0.1) is 6.92 Å². The topological polar surface area (TPSA) is 86.1 Å². The summed E-state index contributed by atoms with van der Waals surface area (Å²) in [5, 5.41) is 3.91. The Morgan fingerprint density at radius 3 is 2.38 bits per heavy atom. The highest BCUT2D eigenvalue weighted by Crippen LogP contribution is 2.19. The molecule has 114 valence electrons. The average Bonchev–Trinajstić information content (AvgIpc) is 2.67. The summed E-state index contributed by atoms with van der Waals surface area (Å²) in [4.78, 5) is 3.81. The molecule has 0 spiro atoms. The third-order valence-corrected chi connectivity index (χ3v) is 3.80. The van der Waals surface area contributed by atoms with Crippen molar-refractivity contribution in [2.24, 2.45) is 7.05 Å². The molecule has 0 unspecified atom stereocenters. The number of aryl methyl sites for hydroxylation is 2. The van der Waals surface area contributed by atoms with Crippen molar-refractivity contribution in [2.75, 3.05) is 4.72 Å². The van der Waals surface area contributed by atoms with Crippen LogP contribution in [0.1, 0.15) is 5.82 Å². The molecule has 0 aliphatic carbocycles. The van der Waals surface area contributed by atoms with Gasteiger partial charge in [0.1, 0.15) is 11.6 Å². The number of rotatable bonds is 5. The number of aromatic nitrogens is 3. The van der Waals surface area contributed by atoms with E-state index in [1.165, 1.54) is 11.7 Å². The molecule has 1 N–H and O–H groups in total. The highest BCUT2D eigenvalue weighted by molar-refractivity contribution is 7.92. The predicted molar refractivity (Wildman–Crippen MR) is 69.6 cm³/mol. The zero-order valence-corrected chi connectivity index (χ0v) is 11.9. The largest absolute Gasteiger partial charge is 0.435 e. The Kier molecular flexibility index (Phi) is 4.07. The molecule has 1 heterocycles. The summed E-state index contributed by atoms with van der Waals surface area (Å²) >= 11 is 0. The second-order valence-electron chi connectivity index (χ2n) is 4.06. The van der Waals surface area contributed by atoms with Crippen molar-refractivity contribution >= 4 is 16.0 Å². The number of nitrogens with zero attached hydrogens (tertiary/aromatic N) is 3. The van der Waals surface area contributed by atoms with Crippen LogP contribution >= 0.6 is 0 Å². The van der Waals surface area contributed by atoms with Crippen molar-refractivity contribution in [3.63, 3.8) is 0 Å². The number of anilines is 1. The molecular formula is C11H12F2N4O3S. The molecule has 0 fully saturated rings. The van der Waals surface area contributed by atoms with E-state index in [1.807, 2.05) is 0 Å². The summed E-state index contributed by atoms with van der Waals surface area (Å²) in [7, 11) is -2.35. The molecule has 2 rings (SSSR count). The van der Waals surface area contributed by atoms with Crippen molar-refractivity contribution < 1.29 is 21.9 Å². The molecule has 10 heteroatoms. The van der Waals surface area contributed by atoms with Gasteiger partial charge >= 0.3 is 6.61 Å². The van der Waals surface area contributed by atoms with Crippen molar-refractivity contribution in [1.29, 1.82) is 0 Å². The van der Waals surface area contributed by atoms with E-state index < -0.39 is 16.6 Å². The maximum absolute atomic E-state index is 12.1. The number of hydrogen-bond donors (Lipinski definition) is 1. The Hall–Kier alpha value is -2.23. The molecule has 21 heavy (non-hydrogen) atoms.